The highest BCUT2D eigenvalue weighted by molar-refractivity contribution is 6.30. The minimum absolute atomic E-state index is 0.0374. The highest BCUT2D eigenvalue weighted by atomic mass is 35.5. The van der Waals surface area contributed by atoms with E-state index in [1.54, 1.807) is 31.6 Å². The van der Waals surface area contributed by atoms with Crippen molar-refractivity contribution in [1.82, 2.24) is 25.0 Å². The first-order valence-corrected chi connectivity index (χ1v) is 17.5. The Labute approximate surface area is 286 Å². The molecule has 11 heteroatoms. The second-order valence-electron chi connectivity index (χ2n) is 13.7. The molecule has 0 bridgehead atoms. The molecular formula is C37H45ClN6O4. The van der Waals surface area contributed by atoms with Gasteiger partial charge in [-0.25, -0.2) is 4.98 Å². The van der Waals surface area contributed by atoms with Gasteiger partial charge in [-0.05, 0) is 98.8 Å². The smallest absolute Gasteiger partial charge is 0.287 e. The fourth-order valence-corrected chi connectivity index (χ4v) is 7.77. The van der Waals surface area contributed by atoms with E-state index < -0.39 is 5.91 Å². The molecule has 2 amide bonds. The molecule has 0 unspecified atom stereocenters. The maximum atomic E-state index is 13.6. The van der Waals surface area contributed by atoms with Crippen LogP contribution in [0.1, 0.15) is 74.4 Å². The van der Waals surface area contributed by atoms with Crippen molar-refractivity contribution in [1.29, 1.82) is 0 Å². The van der Waals surface area contributed by atoms with Crippen LogP contribution in [0, 0.1) is 11.3 Å². The first kappa shape index (κ1) is 33.9. The van der Waals surface area contributed by atoms with Crippen LogP contribution in [0.5, 0.6) is 0 Å². The Morgan fingerprint density at radius 2 is 1.83 bits per heavy atom. The number of likely N-dealkylation sites (tertiary alicyclic amines) is 1. The summed E-state index contributed by atoms with van der Waals surface area (Å²) in [4.78, 5) is 46.7. The molecule has 2 aromatic heterocycles. The number of rotatable bonds is 11. The van der Waals surface area contributed by atoms with Gasteiger partial charge in [-0.15, -0.1) is 0 Å². The Hall–Kier alpha value is -4.02. The molecule has 1 atom stereocenters. The van der Waals surface area contributed by atoms with Gasteiger partial charge in [0.15, 0.2) is 11.2 Å². The van der Waals surface area contributed by atoms with Crippen LogP contribution >= 0.6 is 11.6 Å². The van der Waals surface area contributed by atoms with Crippen molar-refractivity contribution < 1.29 is 14.0 Å². The number of halogens is 1. The molecule has 2 aromatic carbocycles. The predicted molar refractivity (Wildman–Crippen MR) is 187 cm³/mol. The average molecular weight is 673 g/mol. The summed E-state index contributed by atoms with van der Waals surface area (Å²) in [6.45, 7) is 5.24. The summed E-state index contributed by atoms with van der Waals surface area (Å²) in [6, 6.07) is 13.7. The highest BCUT2D eigenvalue weighted by Gasteiger charge is 2.42. The summed E-state index contributed by atoms with van der Waals surface area (Å²) < 4.78 is 7.95. The number of hydrogen-bond donors (Lipinski definition) is 1. The van der Waals surface area contributed by atoms with Gasteiger partial charge in [-0.3, -0.25) is 19.1 Å². The van der Waals surface area contributed by atoms with Crippen molar-refractivity contribution in [3.05, 3.63) is 87.8 Å². The summed E-state index contributed by atoms with van der Waals surface area (Å²) in [5, 5.41) is 8.61. The van der Waals surface area contributed by atoms with Gasteiger partial charge < -0.3 is 19.5 Å². The molecule has 4 aromatic rings. The number of anilines is 1. The average Bonchev–Trinajstić information content (AvgIpc) is 3.61. The standard InChI is InChI=1S/C37H45ClN6O4/c1-26(45)42(2)31-12-13-34-32(21-31)33(46)22-35(48-34)36(47)41-30(20-27-8-10-29(38)11-9-27)14-17-43-18-15-37(16-19-43,23-44-25-39-24-40-44)28-6-4-3-5-7-28/h8-13,21-22,24-25,28,30H,3-7,14-20,23H2,1-2H3,(H,41,47)/t30-/m1/s1. The van der Waals surface area contributed by atoms with Crippen LogP contribution in [0.15, 0.2) is 70.4 Å². The van der Waals surface area contributed by atoms with E-state index in [2.05, 4.69) is 20.3 Å². The normalized spacial score (nSPS) is 17.6. The van der Waals surface area contributed by atoms with Crippen molar-refractivity contribution in [3.63, 3.8) is 0 Å². The summed E-state index contributed by atoms with van der Waals surface area (Å²) in [5.74, 6) is 0.0967. The number of amides is 2. The monoisotopic (exact) mass is 672 g/mol. The van der Waals surface area contributed by atoms with Crippen LogP contribution < -0.4 is 15.6 Å². The number of piperidine rings is 1. The molecule has 3 heterocycles. The minimum Gasteiger partial charge on any atom is -0.451 e. The zero-order valence-corrected chi connectivity index (χ0v) is 28.6. The van der Waals surface area contributed by atoms with Crippen LogP contribution in [0.25, 0.3) is 11.0 Å². The third kappa shape index (κ3) is 7.98. The number of benzene rings is 2. The van der Waals surface area contributed by atoms with Gasteiger partial charge >= 0.3 is 0 Å². The van der Waals surface area contributed by atoms with E-state index in [0.29, 0.717) is 34.0 Å². The molecule has 6 rings (SSSR count). The summed E-state index contributed by atoms with van der Waals surface area (Å²) >= 11 is 6.16. The first-order chi connectivity index (χ1) is 23.2. The maximum Gasteiger partial charge on any atom is 0.287 e. The van der Waals surface area contributed by atoms with Crippen molar-refractivity contribution in [2.75, 3.05) is 31.6 Å². The summed E-state index contributed by atoms with van der Waals surface area (Å²) in [7, 11) is 1.64. The molecule has 1 saturated heterocycles. The quantitative estimate of drug-likeness (QED) is 0.204. The largest absolute Gasteiger partial charge is 0.451 e. The molecule has 1 saturated carbocycles. The van der Waals surface area contributed by atoms with Gasteiger partial charge in [0.1, 0.15) is 18.2 Å². The van der Waals surface area contributed by atoms with Crippen molar-refractivity contribution in [2.24, 2.45) is 11.3 Å². The van der Waals surface area contributed by atoms with Crippen LogP contribution in [0.3, 0.4) is 0 Å². The van der Waals surface area contributed by atoms with Gasteiger partial charge in [-0.1, -0.05) is 43.0 Å². The lowest BCUT2D eigenvalue weighted by Crippen LogP contribution is -2.48. The molecule has 1 aliphatic carbocycles. The topological polar surface area (TPSA) is 114 Å². The van der Waals surface area contributed by atoms with Crippen LogP contribution in [0.4, 0.5) is 5.69 Å². The molecule has 2 fully saturated rings. The lowest BCUT2D eigenvalue weighted by atomic mass is 9.63. The zero-order valence-electron chi connectivity index (χ0n) is 27.9. The Balaban J connectivity index is 1.14. The minimum atomic E-state index is -0.430. The van der Waals surface area contributed by atoms with Crippen molar-refractivity contribution in [3.8, 4) is 0 Å². The second kappa shape index (κ2) is 15.0. The Kier molecular flexibility index (Phi) is 10.6. The van der Waals surface area contributed by atoms with E-state index >= 15 is 0 Å². The van der Waals surface area contributed by atoms with Gasteiger partial charge in [0.25, 0.3) is 5.91 Å². The molecule has 1 aliphatic heterocycles. The Morgan fingerprint density at radius 3 is 2.52 bits per heavy atom. The number of nitrogens with zero attached hydrogens (tertiary/aromatic N) is 5. The van der Waals surface area contributed by atoms with Gasteiger partial charge in [0.2, 0.25) is 5.91 Å². The molecule has 10 nitrogen and oxygen atoms in total. The highest BCUT2D eigenvalue weighted by Crippen LogP contribution is 2.47. The van der Waals surface area contributed by atoms with Crippen LogP contribution in [-0.2, 0) is 17.8 Å². The third-order valence-electron chi connectivity index (χ3n) is 10.6. The van der Waals surface area contributed by atoms with E-state index in [1.165, 1.54) is 50.0 Å². The van der Waals surface area contributed by atoms with Crippen molar-refractivity contribution >= 4 is 40.1 Å². The zero-order chi connectivity index (χ0) is 33.7. The molecule has 0 spiro atoms. The maximum absolute atomic E-state index is 13.6. The molecule has 48 heavy (non-hydrogen) atoms. The number of aromatic nitrogens is 3. The van der Waals surface area contributed by atoms with E-state index in [4.69, 9.17) is 16.0 Å². The lowest BCUT2D eigenvalue weighted by Gasteiger charge is -2.48. The number of fused-ring (bicyclic) bond motifs is 1. The summed E-state index contributed by atoms with van der Waals surface area (Å²) in [5.41, 5.74) is 1.83. The van der Waals surface area contributed by atoms with Crippen LogP contribution in [-0.4, -0.2) is 64.2 Å². The Morgan fingerprint density at radius 1 is 1.08 bits per heavy atom. The van der Waals surface area contributed by atoms with Gasteiger partial charge in [0, 0.05) is 49.9 Å². The first-order valence-electron chi connectivity index (χ1n) is 17.1. The SMILES string of the molecule is CC(=O)N(C)c1ccc2oc(C(=O)N[C@H](CCN3CCC(Cn4cncn4)(C4CCCCC4)CC3)Cc3ccc(Cl)cc3)cc(=O)c2c1. The molecular weight excluding hydrogens is 628 g/mol. The van der Waals surface area contributed by atoms with E-state index in [9.17, 15) is 14.4 Å². The molecule has 254 valence electrons. The van der Waals surface area contributed by atoms with Crippen molar-refractivity contribution in [2.45, 2.75) is 77.3 Å². The van der Waals surface area contributed by atoms with Gasteiger partial charge in [0.05, 0.1) is 5.39 Å². The van der Waals surface area contributed by atoms with E-state index in [-0.39, 0.29) is 28.6 Å². The fraction of sp³-hybridized carbons (Fsp3) is 0.486. The number of carbonyl (C=O) groups is 2. The predicted octanol–water partition coefficient (Wildman–Crippen LogP) is 6.11. The number of nitrogens with one attached hydrogen (secondary N) is 1. The molecule has 2 aliphatic rings. The lowest BCUT2D eigenvalue weighted by molar-refractivity contribution is -0.116. The van der Waals surface area contributed by atoms with Crippen LogP contribution in [0.2, 0.25) is 5.02 Å². The number of carbonyl (C=O) groups excluding carboxylic acids is 2. The second-order valence-corrected chi connectivity index (χ2v) is 14.1. The van der Waals surface area contributed by atoms with E-state index in [0.717, 1.165) is 51.0 Å². The Bertz CT molecular complexity index is 1760. The molecule has 1 N–H and O–H groups in total. The fourth-order valence-electron chi connectivity index (χ4n) is 7.64. The third-order valence-corrected chi connectivity index (χ3v) is 10.8. The van der Waals surface area contributed by atoms with Gasteiger partial charge in [-0.2, -0.15) is 5.10 Å². The summed E-state index contributed by atoms with van der Waals surface area (Å²) in [6.07, 6.45) is 13.7. The van der Waals surface area contributed by atoms with E-state index in [1.807, 2.05) is 35.3 Å². The number of hydrogen-bond acceptors (Lipinski definition) is 7. The molecule has 0 radical (unpaired) electrons.